The van der Waals surface area contributed by atoms with Crippen LogP contribution >= 0.6 is 0 Å². The number of rotatable bonds is 8. The van der Waals surface area contributed by atoms with Gasteiger partial charge in [-0.2, -0.15) is 0 Å². The summed E-state index contributed by atoms with van der Waals surface area (Å²) in [5, 5.41) is 2.83. The molecule has 8 heteroatoms. The Kier molecular flexibility index (Phi) is 7.88. The molecule has 7 nitrogen and oxygen atoms in total. The average Bonchev–Trinajstić information content (AvgIpc) is 2.89. The number of benzene rings is 3. The lowest BCUT2D eigenvalue weighted by atomic mass is 10.00. The Labute approximate surface area is 215 Å². The second kappa shape index (κ2) is 11.4. The summed E-state index contributed by atoms with van der Waals surface area (Å²) < 4.78 is 19.4. The van der Waals surface area contributed by atoms with Crippen LogP contribution in [0, 0.1) is 19.7 Å². The number of nitrogens with zero attached hydrogens (tertiary/aromatic N) is 3. The highest BCUT2D eigenvalue weighted by molar-refractivity contribution is 6.11. The number of para-hydroxylation sites is 1. The van der Waals surface area contributed by atoms with Crippen molar-refractivity contribution in [2.24, 2.45) is 0 Å². The van der Waals surface area contributed by atoms with Crippen LogP contribution in [0.2, 0.25) is 0 Å². The number of amides is 2. The summed E-state index contributed by atoms with van der Waals surface area (Å²) in [5.41, 5.74) is 3.30. The van der Waals surface area contributed by atoms with Crippen molar-refractivity contribution in [1.82, 2.24) is 9.97 Å². The molecule has 1 unspecified atom stereocenters. The zero-order valence-electron chi connectivity index (χ0n) is 20.8. The van der Waals surface area contributed by atoms with E-state index < -0.39 is 23.7 Å². The Hall–Kier alpha value is -4.59. The summed E-state index contributed by atoms with van der Waals surface area (Å²) in [6.45, 7) is 6.05. The Morgan fingerprint density at radius 1 is 1.00 bits per heavy atom. The average molecular weight is 499 g/mol. The SMILES string of the molecule is CCOc1ccccc1C(C(=O)Nc1ccc(F)cc1)N(C(=O)c1cnccn1)c1cc(C)cc(C)c1. The van der Waals surface area contributed by atoms with E-state index in [1.54, 1.807) is 24.3 Å². The molecule has 0 aliphatic carbocycles. The standard InChI is InChI=1S/C29H27FN4O3/c1-4-37-26-8-6-5-7-24(26)27(28(35)33-22-11-9-21(30)10-12-22)34(23-16-19(2)15-20(3)17-23)29(36)25-18-31-13-14-32-25/h5-18,27H,4H2,1-3H3,(H,33,35). The fourth-order valence-electron chi connectivity index (χ4n) is 4.14. The molecule has 0 saturated carbocycles. The third kappa shape index (κ3) is 5.98. The predicted molar refractivity (Wildman–Crippen MR) is 140 cm³/mol. The molecule has 0 aliphatic rings. The first-order chi connectivity index (χ1) is 17.9. The smallest absolute Gasteiger partial charge is 0.279 e. The first-order valence-electron chi connectivity index (χ1n) is 11.8. The Bertz CT molecular complexity index is 1370. The molecule has 0 bridgehead atoms. The molecule has 4 aromatic rings. The molecule has 1 atom stereocenters. The molecule has 1 aromatic heterocycles. The van der Waals surface area contributed by atoms with Crippen molar-refractivity contribution < 1.29 is 18.7 Å². The third-order valence-corrected chi connectivity index (χ3v) is 5.62. The van der Waals surface area contributed by atoms with Gasteiger partial charge >= 0.3 is 0 Å². The molecule has 188 valence electrons. The number of aryl methyl sites for hydroxylation is 2. The van der Waals surface area contributed by atoms with Gasteiger partial charge in [-0.3, -0.25) is 19.5 Å². The van der Waals surface area contributed by atoms with E-state index in [4.69, 9.17) is 4.74 Å². The highest BCUT2D eigenvalue weighted by atomic mass is 19.1. The molecule has 0 saturated heterocycles. The normalized spacial score (nSPS) is 11.5. The van der Waals surface area contributed by atoms with Gasteiger partial charge < -0.3 is 10.1 Å². The Morgan fingerprint density at radius 2 is 1.70 bits per heavy atom. The highest BCUT2D eigenvalue weighted by Crippen LogP contribution is 2.36. The van der Waals surface area contributed by atoms with Crippen molar-refractivity contribution in [3.63, 3.8) is 0 Å². The lowest BCUT2D eigenvalue weighted by Crippen LogP contribution is -2.42. The van der Waals surface area contributed by atoms with Crippen LogP contribution in [-0.4, -0.2) is 28.4 Å². The van der Waals surface area contributed by atoms with Crippen LogP contribution in [0.4, 0.5) is 15.8 Å². The first kappa shape index (κ1) is 25.5. The molecule has 2 amide bonds. The van der Waals surface area contributed by atoms with Crippen LogP contribution in [0.5, 0.6) is 5.75 Å². The summed E-state index contributed by atoms with van der Waals surface area (Å²) in [7, 11) is 0. The maximum atomic E-state index is 14.0. The fourth-order valence-corrected chi connectivity index (χ4v) is 4.14. The van der Waals surface area contributed by atoms with Crippen LogP contribution < -0.4 is 15.0 Å². The van der Waals surface area contributed by atoms with E-state index in [0.717, 1.165) is 11.1 Å². The van der Waals surface area contributed by atoms with Gasteiger partial charge in [0.2, 0.25) is 0 Å². The summed E-state index contributed by atoms with van der Waals surface area (Å²) >= 11 is 0. The highest BCUT2D eigenvalue weighted by Gasteiger charge is 2.36. The predicted octanol–water partition coefficient (Wildman–Crippen LogP) is 5.66. The van der Waals surface area contributed by atoms with Crippen LogP contribution in [0.25, 0.3) is 0 Å². The number of carbonyl (C=O) groups excluding carboxylic acids is 2. The summed E-state index contributed by atoms with van der Waals surface area (Å²) in [6, 6.07) is 17.0. The second-order valence-electron chi connectivity index (χ2n) is 8.48. The van der Waals surface area contributed by atoms with Gasteiger partial charge in [0, 0.05) is 29.3 Å². The van der Waals surface area contributed by atoms with E-state index in [2.05, 4.69) is 15.3 Å². The molecular weight excluding hydrogens is 471 g/mol. The minimum Gasteiger partial charge on any atom is -0.493 e. The number of hydrogen-bond acceptors (Lipinski definition) is 5. The minimum absolute atomic E-state index is 0.0788. The lowest BCUT2D eigenvalue weighted by Gasteiger charge is -2.32. The zero-order valence-corrected chi connectivity index (χ0v) is 20.8. The van der Waals surface area contributed by atoms with Gasteiger partial charge in [-0.05, 0) is 74.4 Å². The van der Waals surface area contributed by atoms with Crippen molar-refractivity contribution >= 4 is 23.2 Å². The number of ether oxygens (including phenoxy) is 1. The van der Waals surface area contributed by atoms with Gasteiger partial charge in [0.05, 0.1) is 12.8 Å². The number of carbonyl (C=O) groups is 2. The largest absolute Gasteiger partial charge is 0.493 e. The van der Waals surface area contributed by atoms with Crippen molar-refractivity contribution in [3.8, 4) is 5.75 Å². The van der Waals surface area contributed by atoms with E-state index in [9.17, 15) is 14.0 Å². The number of halogens is 1. The van der Waals surface area contributed by atoms with Gasteiger partial charge in [-0.1, -0.05) is 24.3 Å². The number of anilines is 2. The van der Waals surface area contributed by atoms with E-state index >= 15 is 0 Å². The molecule has 37 heavy (non-hydrogen) atoms. The molecule has 1 heterocycles. The molecule has 4 rings (SSSR count). The van der Waals surface area contributed by atoms with Gasteiger partial charge in [-0.25, -0.2) is 9.37 Å². The first-order valence-corrected chi connectivity index (χ1v) is 11.8. The van der Waals surface area contributed by atoms with E-state index in [-0.39, 0.29) is 5.69 Å². The molecular formula is C29H27FN4O3. The fraction of sp³-hybridized carbons (Fsp3) is 0.172. The van der Waals surface area contributed by atoms with Crippen LogP contribution in [0.15, 0.2) is 85.3 Å². The van der Waals surface area contributed by atoms with Crippen LogP contribution in [-0.2, 0) is 4.79 Å². The molecule has 0 radical (unpaired) electrons. The second-order valence-corrected chi connectivity index (χ2v) is 8.48. The number of nitrogens with one attached hydrogen (secondary N) is 1. The summed E-state index contributed by atoms with van der Waals surface area (Å²) in [6.07, 6.45) is 4.26. The monoisotopic (exact) mass is 498 g/mol. The van der Waals surface area contributed by atoms with Crippen molar-refractivity contribution in [3.05, 3.63) is 114 Å². The van der Waals surface area contributed by atoms with Gasteiger partial charge in [0.25, 0.3) is 11.8 Å². The number of hydrogen-bond donors (Lipinski definition) is 1. The lowest BCUT2D eigenvalue weighted by molar-refractivity contribution is -0.117. The molecule has 0 spiro atoms. The van der Waals surface area contributed by atoms with Crippen molar-refractivity contribution in [2.45, 2.75) is 26.8 Å². The Balaban J connectivity index is 1.92. The van der Waals surface area contributed by atoms with Gasteiger partial charge in [-0.15, -0.1) is 0 Å². The molecule has 1 N–H and O–H groups in total. The maximum Gasteiger partial charge on any atom is 0.279 e. The van der Waals surface area contributed by atoms with Gasteiger partial charge in [0.15, 0.2) is 0 Å². The molecule has 0 fully saturated rings. The van der Waals surface area contributed by atoms with Crippen LogP contribution in [0.3, 0.4) is 0 Å². The topological polar surface area (TPSA) is 84.4 Å². The molecule has 3 aromatic carbocycles. The zero-order chi connectivity index (χ0) is 26.4. The summed E-state index contributed by atoms with van der Waals surface area (Å²) in [5.74, 6) is -0.977. The van der Waals surface area contributed by atoms with Crippen molar-refractivity contribution in [1.29, 1.82) is 0 Å². The van der Waals surface area contributed by atoms with E-state index in [1.807, 2.05) is 39.0 Å². The minimum atomic E-state index is -1.15. The maximum absolute atomic E-state index is 14.0. The van der Waals surface area contributed by atoms with Gasteiger partial charge in [0.1, 0.15) is 23.3 Å². The summed E-state index contributed by atoms with van der Waals surface area (Å²) in [4.78, 5) is 37.6. The number of aromatic nitrogens is 2. The van der Waals surface area contributed by atoms with Crippen LogP contribution in [0.1, 0.15) is 40.1 Å². The third-order valence-electron chi connectivity index (χ3n) is 5.62. The van der Waals surface area contributed by atoms with E-state index in [0.29, 0.717) is 29.3 Å². The Morgan fingerprint density at radius 3 is 2.35 bits per heavy atom. The van der Waals surface area contributed by atoms with E-state index in [1.165, 1.54) is 47.8 Å². The molecule has 0 aliphatic heterocycles. The van der Waals surface area contributed by atoms with Crippen molar-refractivity contribution in [2.75, 3.05) is 16.8 Å². The quantitative estimate of drug-likeness (QED) is 0.339.